The SMILES string of the molecule is CNC(=O)CN1C(=O)CSc2ccc(C(C)O)cc21. The van der Waals surface area contributed by atoms with E-state index in [1.165, 1.54) is 16.7 Å². The third-order valence-electron chi connectivity index (χ3n) is 2.99. The fourth-order valence-electron chi connectivity index (χ4n) is 1.88. The van der Waals surface area contributed by atoms with Crippen LogP contribution < -0.4 is 10.2 Å². The number of likely N-dealkylation sites (N-methyl/N-ethyl adjacent to an activating group) is 1. The first-order chi connectivity index (χ1) is 9.02. The number of rotatable bonds is 3. The van der Waals surface area contributed by atoms with Gasteiger partial charge in [0.15, 0.2) is 0 Å². The number of anilines is 1. The molecule has 2 rings (SSSR count). The lowest BCUT2D eigenvalue weighted by atomic mass is 10.1. The molecule has 5 nitrogen and oxygen atoms in total. The van der Waals surface area contributed by atoms with Crippen LogP contribution in [0, 0.1) is 0 Å². The number of aliphatic hydroxyl groups excluding tert-OH is 1. The van der Waals surface area contributed by atoms with Crippen molar-refractivity contribution in [3.8, 4) is 0 Å². The number of carbonyl (C=O) groups is 2. The Balaban J connectivity index is 2.38. The summed E-state index contributed by atoms with van der Waals surface area (Å²) in [6, 6.07) is 5.49. The molecule has 0 aromatic heterocycles. The quantitative estimate of drug-likeness (QED) is 0.864. The summed E-state index contributed by atoms with van der Waals surface area (Å²) in [5.74, 6) is 0.0235. The fourth-order valence-corrected chi connectivity index (χ4v) is 2.79. The predicted octanol–water partition coefficient (Wildman–Crippen LogP) is 0.925. The zero-order valence-electron chi connectivity index (χ0n) is 10.8. The zero-order chi connectivity index (χ0) is 14.0. The summed E-state index contributed by atoms with van der Waals surface area (Å²) >= 11 is 1.45. The van der Waals surface area contributed by atoms with Crippen molar-refractivity contribution in [2.75, 3.05) is 24.2 Å². The molecule has 19 heavy (non-hydrogen) atoms. The van der Waals surface area contributed by atoms with Crippen LogP contribution in [0.5, 0.6) is 0 Å². The van der Waals surface area contributed by atoms with E-state index in [2.05, 4.69) is 5.32 Å². The van der Waals surface area contributed by atoms with Crippen LogP contribution >= 0.6 is 11.8 Å². The molecule has 0 saturated heterocycles. The number of fused-ring (bicyclic) bond motifs is 1. The molecule has 1 aromatic rings. The number of nitrogens with one attached hydrogen (secondary N) is 1. The lowest BCUT2D eigenvalue weighted by Crippen LogP contribution is -2.42. The number of nitrogens with zero attached hydrogens (tertiary/aromatic N) is 1. The summed E-state index contributed by atoms with van der Waals surface area (Å²) in [6.45, 7) is 1.68. The minimum absolute atomic E-state index is 0.00611. The van der Waals surface area contributed by atoms with Gasteiger partial charge in [-0.15, -0.1) is 11.8 Å². The van der Waals surface area contributed by atoms with E-state index in [1.807, 2.05) is 12.1 Å². The smallest absolute Gasteiger partial charge is 0.239 e. The first-order valence-corrected chi connectivity index (χ1v) is 6.97. The van der Waals surface area contributed by atoms with Crippen molar-refractivity contribution < 1.29 is 14.7 Å². The number of amides is 2. The van der Waals surface area contributed by atoms with Gasteiger partial charge < -0.3 is 15.3 Å². The zero-order valence-corrected chi connectivity index (χ0v) is 11.7. The van der Waals surface area contributed by atoms with Gasteiger partial charge in [-0.1, -0.05) is 6.07 Å². The number of carbonyl (C=O) groups excluding carboxylic acids is 2. The second-order valence-corrected chi connectivity index (χ2v) is 5.36. The van der Waals surface area contributed by atoms with E-state index in [0.717, 1.165) is 10.5 Å². The van der Waals surface area contributed by atoms with Gasteiger partial charge in [-0.2, -0.15) is 0 Å². The average molecular weight is 280 g/mol. The van der Waals surface area contributed by atoms with Gasteiger partial charge in [0.2, 0.25) is 11.8 Å². The molecule has 0 radical (unpaired) electrons. The molecule has 0 spiro atoms. The summed E-state index contributed by atoms with van der Waals surface area (Å²) in [5.41, 5.74) is 1.43. The second kappa shape index (κ2) is 5.63. The fraction of sp³-hybridized carbons (Fsp3) is 0.385. The highest BCUT2D eigenvalue weighted by Crippen LogP contribution is 2.36. The Morgan fingerprint density at radius 3 is 2.95 bits per heavy atom. The monoisotopic (exact) mass is 280 g/mol. The molecular formula is C13H16N2O3S. The lowest BCUT2D eigenvalue weighted by molar-refractivity contribution is -0.122. The average Bonchev–Trinajstić information content (AvgIpc) is 2.41. The lowest BCUT2D eigenvalue weighted by Gasteiger charge is -2.29. The van der Waals surface area contributed by atoms with Gasteiger partial charge in [0.25, 0.3) is 0 Å². The molecule has 1 aliphatic rings. The largest absolute Gasteiger partial charge is 0.389 e. The van der Waals surface area contributed by atoms with Crippen LogP contribution in [0.25, 0.3) is 0 Å². The van der Waals surface area contributed by atoms with E-state index < -0.39 is 6.10 Å². The molecule has 1 aliphatic heterocycles. The van der Waals surface area contributed by atoms with Gasteiger partial charge in [-0.05, 0) is 24.6 Å². The molecule has 1 heterocycles. The van der Waals surface area contributed by atoms with Gasteiger partial charge in [0.05, 0.1) is 17.5 Å². The second-order valence-electron chi connectivity index (χ2n) is 4.34. The Morgan fingerprint density at radius 2 is 2.32 bits per heavy atom. The van der Waals surface area contributed by atoms with Crippen molar-refractivity contribution in [2.45, 2.75) is 17.9 Å². The van der Waals surface area contributed by atoms with Crippen LogP contribution in [0.1, 0.15) is 18.6 Å². The summed E-state index contributed by atoms with van der Waals surface area (Å²) in [4.78, 5) is 25.9. The normalized spacial score (nSPS) is 15.9. The van der Waals surface area contributed by atoms with E-state index >= 15 is 0 Å². The van der Waals surface area contributed by atoms with Crippen LogP contribution in [0.4, 0.5) is 5.69 Å². The van der Waals surface area contributed by atoms with Gasteiger partial charge in [0.1, 0.15) is 6.54 Å². The molecule has 0 aliphatic carbocycles. The third-order valence-corrected chi connectivity index (χ3v) is 4.04. The van der Waals surface area contributed by atoms with Gasteiger partial charge in [-0.25, -0.2) is 0 Å². The molecule has 1 unspecified atom stereocenters. The Kier molecular flexibility index (Phi) is 4.11. The van der Waals surface area contributed by atoms with E-state index in [1.54, 1.807) is 20.0 Å². The summed E-state index contributed by atoms with van der Waals surface area (Å²) in [5, 5.41) is 12.1. The topological polar surface area (TPSA) is 69.6 Å². The van der Waals surface area contributed by atoms with E-state index in [9.17, 15) is 14.7 Å². The van der Waals surface area contributed by atoms with E-state index in [0.29, 0.717) is 11.4 Å². The van der Waals surface area contributed by atoms with Gasteiger partial charge >= 0.3 is 0 Å². The highest BCUT2D eigenvalue weighted by Gasteiger charge is 2.26. The molecule has 0 fully saturated rings. The molecule has 6 heteroatoms. The standard InChI is InChI=1S/C13H16N2O3S/c1-8(16)9-3-4-11-10(5-9)15(6-12(17)14-2)13(18)7-19-11/h3-5,8,16H,6-7H2,1-2H3,(H,14,17). The molecule has 0 bridgehead atoms. The Morgan fingerprint density at radius 1 is 1.58 bits per heavy atom. The summed E-state index contributed by atoms with van der Waals surface area (Å²) in [7, 11) is 1.54. The Labute approximate surface area is 116 Å². The van der Waals surface area contributed by atoms with Gasteiger partial charge in [0, 0.05) is 11.9 Å². The van der Waals surface area contributed by atoms with Crippen LogP contribution in [-0.4, -0.2) is 36.3 Å². The molecule has 0 saturated carbocycles. The van der Waals surface area contributed by atoms with Crippen LogP contribution in [0.3, 0.4) is 0 Å². The highest BCUT2D eigenvalue weighted by atomic mass is 32.2. The van der Waals surface area contributed by atoms with Crippen molar-refractivity contribution in [3.63, 3.8) is 0 Å². The number of thioether (sulfide) groups is 1. The van der Waals surface area contributed by atoms with Crippen LogP contribution in [0.2, 0.25) is 0 Å². The maximum absolute atomic E-state index is 12.0. The van der Waals surface area contributed by atoms with Crippen molar-refractivity contribution in [3.05, 3.63) is 23.8 Å². The maximum Gasteiger partial charge on any atom is 0.239 e. The van der Waals surface area contributed by atoms with E-state index in [4.69, 9.17) is 0 Å². The van der Waals surface area contributed by atoms with Crippen LogP contribution in [-0.2, 0) is 9.59 Å². The van der Waals surface area contributed by atoms with Crippen molar-refractivity contribution in [2.24, 2.45) is 0 Å². The number of benzene rings is 1. The first kappa shape index (κ1) is 13.9. The maximum atomic E-state index is 12.0. The number of hydrogen-bond acceptors (Lipinski definition) is 4. The first-order valence-electron chi connectivity index (χ1n) is 5.98. The molecular weight excluding hydrogens is 264 g/mol. The van der Waals surface area contributed by atoms with Crippen molar-refractivity contribution in [1.29, 1.82) is 0 Å². The molecule has 2 amide bonds. The number of hydrogen-bond donors (Lipinski definition) is 2. The molecule has 102 valence electrons. The summed E-state index contributed by atoms with van der Waals surface area (Å²) < 4.78 is 0. The Bertz CT molecular complexity index is 517. The predicted molar refractivity (Wildman–Crippen MR) is 74.2 cm³/mol. The van der Waals surface area contributed by atoms with E-state index in [-0.39, 0.29) is 18.4 Å². The van der Waals surface area contributed by atoms with Crippen molar-refractivity contribution >= 4 is 29.3 Å². The summed E-state index contributed by atoms with van der Waals surface area (Å²) in [6.07, 6.45) is -0.603. The molecule has 2 N–H and O–H groups in total. The highest BCUT2D eigenvalue weighted by molar-refractivity contribution is 8.00. The molecule has 1 atom stereocenters. The molecule has 1 aromatic carbocycles. The third kappa shape index (κ3) is 2.90. The Hall–Kier alpha value is -1.53. The minimum Gasteiger partial charge on any atom is -0.389 e. The van der Waals surface area contributed by atoms with Crippen molar-refractivity contribution in [1.82, 2.24) is 5.32 Å². The number of aliphatic hydroxyl groups is 1. The van der Waals surface area contributed by atoms with Crippen LogP contribution in [0.15, 0.2) is 23.1 Å². The van der Waals surface area contributed by atoms with Gasteiger partial charge in [-0.3, -0.25) is 9.59 Å². The minimum atomic E-state index is -0.603.